The zero-order valence-electron chi connectivity index (χ0n) is 10.2. The summed E-state index contributed by atoms with van der Waals surface area (Å²) in [5, 5.41) is 8.80. The van der Waals surface area contributed by atoms with Crippen LogP contribution >= 0.6 is 0 Å². The average molecular weight is 233 g/mol. The lowest BCUT2D eigenvalue weighted by molar-refractivity contribution is -0.138. The monoisotopic (exact) mass is 233 g/mol. The van der Waals surface area contributed by atoms with Crippen LogP contribution < -0.4 is 0 Å². The first-order valence-corrected chi connectivity index (χ1v) is 6.17. The number of hydrogen-bond acceptors (Lipinski definition) is 2. The summed E-state index contributed by atoms with van der Waals surface area (Å²) in [6.45, 7) is 4.11. The van der Waals surface area contributed by atoms with Crippen LogP contribution in [0.15, 0.2) is 30.3 Å². The molecule has 1 saturated heterocycles. The van der Waals surface area contributed by atoms with Crippen molar-refractivity contribution < 1.29 is 9.90 Å². The van der Waals surface area contributed by atoms with Crippen LogP contribution in [0.5, 0.6) is 0 Å². The Morgan fingerprint density at radius 2 is 2.18 bits per heavy atom. The Morgan fingerprint density at radius 1 is 1.47 bits per heavy atom. The molecule has 17 heavy (non-hydrogen) atoms. The van der Waals surface area contributed by atoms with Gasteiger partial charge in [0, 0.05) is 19.0 Å². The van der Waals surface area contributed by atoms with Gasteiger partial charge in [0.1, 0.15) is 0 Å². The second kappa shape index (κ2) is 5.32. The zero-order valence-corrected chi connectivity index (χ0v) is 10.2. The van der Waals surface area contributed by atoms with E-state index in [4.69, 9.17) is 5.11 Å². The summed E-state index contributed by atoms with van der Waals surface area (Å²) in [6, 6.07) is 10.8. The molecule has 0 aliphatic carbocycles. The normalized spacial score (nSPS) is 22.5. The zero-order chi connectivity index (χ0) is 12.3. The molecule has 1 aromatic rings. The number of hydrogen-bond donors (Lipinski definition) is 1. The number of rotatable bonds is 4. The molecular formula is C14H19NO2. The van der Waals surface area contributed by atoms with Crippen molar-refractivity contribution >= 4 is 5.97 Å². The topological polar surface area (TPSA) is 40.5 Å². The van der Waals surface area contributed by atoms with E-state index in [0.717, 1.165) is 19.5 Å². The molecule has 0 amide bonds. The van der Waals surface area contributed by atoms with Gasteiger partial charge in [-0.3, -0.25) is 9.69 Å². The summed E-state index contributed by atoms with van der Waals surface area (Å²) < 4.78 is 0. The fourth-order valence-electron chi connectivity index (χ4n) is 2.57. The molecule has 2 atom stereocenters. The van der Waals surface area contributed by atoms with E-state index >= 15 is 0 Å². The van der Waals surface area contributed by atoms with Crippen molar-refractivity contribution in [1.29, 1.82) is 0 Å². The van der Waals surface area contributed by atoms with Crippen molar-refractivity contribution in [3.05, 3.63) is 35.9 Å². The van der Waals surface area contributed by atoms with Crippen molar-refractivity contribution in [3.8, 4) is 0 Å². The van der Waals surface area contributed by atoms with E-state index in [0.29, 0.717) is 18.4 Å². The van der Waals surface area contributed by atoms with E-state index in [9.17, 15) is 4.79 Å². The minimum Gasteiger partial charge on any atom is -0.481 e. The SMILES string of the molecule is C[C@@H](c1ccccc1)N1CCC(CC(=O)O)C1. The van der Waals surface area contributed by atoms with Gasteiger partial charge in [-0.05, 0) is 31.4 Å². The quantitative estimate of drug-likeness (QED) is 0.868. The fraction of sp³-hybridized carbons (Fsp3) is 0.500. The number of carbonyl (C=O) groups is 1. The summed E-state index contributed by atoms with van der Waals surface area (Å²) in [5.74, 6) is -0.358. The average Bonchev–Trinajstić information content (AvgIpc) is 2.77. The smallest absolute Gasteiger partial charge is 0.303 e. The molecule has 0 radical (unpaired) electrons. The lowest BCUT2D eigenvalue weighted by Crippen LogP contribution is -2.24. The fourth-order valence-corrected chi connectivity index (χ4v) is 2.57. The first-order chi connectivity index (χ1) is 8.16. The van der Waals surface area contributed by atoms with Gasteiger partial charge < -0.3 is 5.11 Å². The van der Waals surface area contributed by atoms with Crippen molar-refractivity contribution in [2.24, 2.45) is 5.92 Å². The maximum atomic E-state index is 10.7. The third kappa shape index (κ3) is 3.07. The van der Waals surface area contributed by atoms with Crippen LogP contribution in [0.3, 0.4) is 0 Å². The Kier molecular flexibility index (Phi) is 3.79. The molecule has 1 aliphatic rings. The van der Waals surface area contributed by atoms with Crippen LogP contribution in [0.25, 0.3) is 0 Å². The number of likely N-dealkylation sites (tertiary alicyclic amines) is 1. The Bertz CT molecular complexity index is 377. The highest BCUT2D eigenvalue weighted by molar-refractivity contribution is 5.67. The number of aliphatic carboxylic acids is 1. The van der Waals surface area contributed by atoms with E-state index in [1.807, 2.05) is 6.07 Å². The van der Waals surface area contributed by atoms with Gasteiger partial charge in [-0.15, -0.1) is 0 Å². The maximum absolute atomic E-state index is 10.7. The van der Waals surface area contributed by atoms with E-state index < -0.39 is 5.97 Å². The second-order valence-electron chi connectivity index (χ2n) is 4.83. The van der Waals surface area contributed by atoms with Crippen LogP contribution in [-0.4, -0.2) is 29.1 Å². The molecule has 3 nitrogen and oxygen atoms in total. The standard InChI is InChI=1S/C14H19NO2/c1-11(13-5-3-2-4-6-13)15-8-7-12(10-15)9-14(16)17/h2-6,11-12H,7-10H2,1H3,(H,16,17)/t11-,12?/m0/s1. The molecule has 1 heterocycles. The molecule has 0 bridgehead atoms. The van der Waals surface area contributed by atoms with Crippen molar-refractivity contribution in [2.75, 3.05) is 13.1 Å². The van der Waals surface area contributed by atoms with Crippen LogP contribution in [0, 0.1) is 5.92 Å². The number of nitrogens with zero attached hydrogens (tertiary/aromatic N) is 1. The third-order valence-electron chi connectivity index (χ3n) is 3.61. The van der Waals surface area contributed by atoms with Crippen LogP contribution in [0.1, 0.15) is 31.4 Å². The van der Waals surface area contributed by atoms with Gasteiger partial charge in [0.2, 0.25) is 0 Å². The van der Waals surface area contributed by atoms with E-state index in [1.54, 1.807) is 0 Å². The largest absolute Gasteiger partial charge is 0.481 e. The van der Waals surface area contributed by atoms with E-state index in [-0.39, 0.29) is 0 Å². The molecule has 0 aromatic heterocycles. The predicted molar refractivity (Wildman–Crippen MR) is 66.8 cm³/mol. The highest BCUT2D eigenvalue weighted by Gasteiger charge is 2.27. The van der Waals surface area contributed by atoms with Crippen LogP contribution in [0.2, 0.25) is 0 Å². The van der Waals surface area contributed by atoms with Crippen LogP contribution in [-0.2, 0) is 4.79 Å². The molecule has 0 spiro atoms. The summed E-state index contributed by atoms with van der Waals surface area (Å²) in [6.07, 6.45) is 1.31. The van der Waals surface area contributed by atoms with Gasteiger partial charge in [0.15, 0.2) is 0 Å². The van der Waals surface area contributed by atoms with Gasteiger partial charge in [0.25, 0.3) is 0 Å². The summed E-state index contributed by atoms with van der Waals surface area (Å²) >= 11 is 0. The highest BCUT2D eigenvalue weighted by atomic mass is 16.4. The van der Waals surface area contributed by atoms with E-state index in [2.05, 4.69) is 36.1 Å². The molecule has 92 valence electrons. The summed E-state index contributed by atoms with van der Waals surface area (Å²) in [4.78, 5) is 13.1. The maximum Gasteiger partial charge on any atom is 0.303 e. The van der Waals surface area contributed by atoms with Crippen molar-refractivity contribution in [2.45, 2.75) is 25.8 Å². The second-order valence-corrected chi connectivity index (χ2v) is 4.83. The van der Waals surface area contributed by atoms with Crippen molar-refractivity contribution in [1.82, 2.24) is 4.90 Å². The first-order valence-electron chi connectivity index (χ1n) is 6.17. The Hall–Kier alpha value is -1.35. The molecule has 1 N–H and O–H groups in total. The minimum absolute atomic E-state index is 0.304. The molecule has 1 unspecified atom stereocenters. The molecule has 3 heteroatoms. The van der Waals surface area contributed by atoms with Gasteiger partial charge in [-0.2, -0.15) is 0 Å². The van der Waals surface area contributed by atoms with Gasteiger partial charge in [-0.25, -0.2) is 0 Å². The number of carboxylic acid groups (broad SMARTS) is 1. The number of benzene rings is 1. The Balaban J connectivity index is 1.94. The molecule has 0 saturated carbocycles. The molecule has 2 rings (SSSR count). The lowest BCUT2D eigenvalue weighted by atomic mass is 10.1. The molecule has 1 aromatic carbocycles. The third-order valence-corrected chi connectivity index (χ3v) is 3.61. The molecular weight excluding hydrogens is 214 g/mol. The molecule has 1 aliphatic heterocycles. The van der Waals surface area contributed by atoms with Gasteiger partial charge >= 0.3 is 5.97 Å². The Labute approximate surface area is 102 Å². The molecule has 1 fully saturated rings. The van der Waals surface area contributed by atoms with Gasteiger partial charge in [0.05, 0.1) is 0 Å². The summed E-state index contributed by atoms with van der Waals surface area (Å²) in [7, 11) is 0. The predicted octanol–water partition coefficient (Wildman–Crippen LogP) is 2.54. The minimum atomic E-state index is -0.677. The van der Waals surface area contributed by atoms with Crippen LogP contribution in [0.4, 0.5) is 0 Å². The van der Waals surface area contributed by atoms with Gasteiger partial charge in [-0.1, -0.05) is 30.3 Å². The van der Waals surface area contributed by atoms with E-state index in [1.165, 1.54) is 5.56 Å². The highest BCUT2D eigenvalue weighted by Crippen LogP contribution is 2.28. The Morgan fingerprint density at radius 3 is 2.82 bits per heavy atom. The lowest BCUT2D eigenvalue weighted by Gasteiger charge is -2.24. The summed E-state index contributed by atoms with van der Waals surface area (Å²) in [5.41, 5.74) is 1.31. The first kappa shape index (κ1) is 12.1. The van der Waals surface area contributed by atoms with Crippen molar-refractivity contribution in [3.63, 3.8) is 0 Å². The number of carboxylic acids is 1.